The summed E-state index contributed by atoms with van der Waals surface area (Å²) in [5, 5.41) is 7.51. The number of carbonyl (C=O) groups is 1. The summed E-state index contributed by atoms with van der Waals surface area (Å²) >= 11 is 0. The normalized spacial score (nSPS) is 11.4. The molecule has 0 bridgehead atoms. The molecule has 0 aliphatic carbocycles. The lowest BCUT2D eigenvalue weighted by Crippen LogP contribution is -2.28. The number of aryl methyl sites for hydroxylation is 4. The second-order valence-electron chi connectivity index (χ2n) is 7.96. The minimum Gasteiger partial charge on any atom is -0.356 e. The Morgan fingerprint density at radius 2 is 1.86 bits per heavy atom. The maximum atomic E-state index is 12.9. The van der Waals surface area contributed by atoms with Crippen molar-refractivity contribution in [1.29, 1.82) is 0 Å². The van der Waals surface area contributed by atoms with Crippen LogP contribution in [0.3, 0.4) is 0 Å². The Hall–Kier alpha value is -2.96. The van der Waals surface area contributed by atoms with Gasteiger partial charge in [0.1, 0.15) is 11.2 Å². The summed E-state index contributed by atoms with van der Waals surface area (Å²) in [5.74, 6) is 0.487. The van der Waals surface area contributed by atoms with Gasteiger partial charge in [-0.05, 0) is 38.3 Å². The summed E-state index contributed by atoms with van der Waals surface area (Å²) in [6, 6.07) is 7.97. The zero-order chi connectivity index (χ0) is 21.1. The largest absolute Gasteiger partial charge is 0.356 e. The molecule has 2 heterocycles. The Morgan fingerprint density at radius 3 is 2.52 bits per heavy atom. The molecule has 7 heteroatoms. The summed E-state index contributed by atoms with van der Waals surface area (Å²) in [4.78, 5) is 29.5. The van der Waals surface area contributed by atoms with E-state index in [1.54, 1.807) is 16.3 Å². The van der Waals surface area contributed by atoms with Gasteiger partial charge >= 0.3 is 0 Å². The number of hydrogen-bond acceptors (Lipinski definition) is 4. The van der Waals surface area contributed by atoms with Crippen LogP contribution >= 0.6 is 0 Å². The Balaban J connectivity index is 1.87. The average Bonchev–Trinajstić information content (AvgIpc) is 3.00. The molecule has 7 nitrogen and oxygen atoms in total. The molecule has 0 spiro atoms. The third kappa shape index (κ3) is 4.55. The van der Waals surface area contributed by atoms with Gasteiger partial charge in [-0.1, -0.05) is 31.5 Å². The van der Waals surface area contributed by atoms with E-state index in [0.717, 1.165) is 23.4 Å². The molecule has 0 aliphatic heterocycles. The average molecular weight is 396 g/mol. The van der Waals surface area contributed by atoms with Crippen LogP contribution in [0.15, 0.2) is 29.1 Å². The number of aromatic nitrogens is 4. The van der Waals surface area contributed by atoms with Gasteiger partial charge < -0.3 is 5.32 Å². The molecule has 29 heavy (non-hydrogen) atoms. The summed E-state index contributed by atoms with van der Waals surface area (Å²) in [5.41, 5.74) is 4.32. The number of hydrogen-bond donors (Lipinski definition) is 1. The predicted octanol–water partition coefficient (Wildman–Crippen LogP) is 2.83. The van der Waals surface area contributed by atoms with Crippen LogP contribution in [0, 0.1) is 19.8 Å². The van der Waals surface area contributed by atoms with Gasteiger partial charge in [-0.15, -0.1) is 0 Å². The maximum Gasteiger partial charge on any atom is 0.273 e. The van der Waals surface area contributed by atoms with Gasteiger partial charge in [0.15, 0.2) is 5.65 Å². The van der Waals surface area contributed by atoms with Gasteiger partial charge in [0, 0.05) is 26.4 Å². The molecule has 0 unspecified atom stereocenters. The van der Waals surface area contributed by atoms with E-state index in [1.165, 1.54) is 0 Å². The number of carbonyl (C=O) groups excluding carboxylic acids is 1. The number of nitrogens with one attached hydrogen (secondary N) is 1. The minimum absolute atomic E-state index is 0.0540. The van der Waals surface area contributed by atoms with E-state index in [4.69, 9.17) is 0 Å². The zero-order valence-electron chi connectivity index (χ0n) is 17.8. The lowest BCUT2D eigenvalue weighted by molar-refractivity contribution is -0.121. The van der Waals surface area contributed by atoms with E-state index in [2.05, 4.69) is 29.2 Å². The Morgan fingerprint density at radius 1 is 1.17 bits per heavy atom. The number of nitrogens with zero attached hydrogens (tertiary/aromatic N) is 4. The van der Waals surface area contributed by atoms with Crippen LogP contribution < -0.4 is 10.9 Å². The molecule has 1 aromatic carbocycles. The fraction of sp³-hybridized carbons (Fsp3) is 0.455. The van der Waals surface area contributed by atoms with Crippen LogP contribution in [0.2, 0.25) is 0 Å². The highest BCUT2D eigenvalue weighted by Crippen LogP contribution is 2.19. The highest BCUT2D eigenvalue weighted by atomic mass is 16.1. The van der Waals surface area contributed by atoms with E-state index in [0.29, 0.717) is 35.7 Å². The summed E-state index contributed by atoms with van der Waals surface area (Å²) in [6.45, 7) is 8.80. The zero-order valence-corrected chi connectivity index (χ0v) is 17.8. The molecule has 3 rings (SSSR count). The molecular weight excluding hydrogens is 366 g/mol. The monoisotopic (exact) mass is 395 g/mol. The molecule has 0 saturated carbocycles. The van der Waals surface area contributed by atoms with Crippen LogP contribution in [0.25, 0.3) is 16.9 Å². The molecule has 154 valence electrons. The third-order valence-electron chi connectivity index (χ3n) is 5.03. The molecule has 0 radical (unpaired) electrons. The Bertz CT molecular complexity index is 1080. The molecular formula is C22H29N5O2. The SMILES string of the molecule is Cc1ccc(-n2nc(C)c3nc(CCC(=O)NCCC(C)C)c(=O)n(C)c32)cc1. The van der Waals surface area contributed by atoms with Crippen molar-refractivity contribution < 1.29 is 4.79 Å². The van der Waals surface area contributed by atoms with Crippen molar-refractivity contribution in [3.05, 3.63) is 51.6 Å². The second kappa shape index (κ2) is 8.59. The predicted molar refractivity (Wildman–Crippen MR) is 114 cm³/mol. The van der Waals surface area contributed by atoms with Crippen molar-refractivity contribution in [3.8, 4) is 5.69 Å². The highest BCUT2D eigenvalue weighted by Gasteiger charge is 2.18. The highest BCUT2D eigenvalue weighted by molar-refractivity contribution is 5.77. The van der Waals surface area contributed by atoms with Gasteiger partial charge in [-0.2, -0.15) is 5.10 Å². The molecule has 3 aromatic rings. The molecule has 1 N–H and O–H groups in total. The Kier molecular flexibility index (Phi) is 6.15. The van der Waals surface area contributed by atoms with Crippen molar-refractivity contribution in [1.82, 2.24) is 24.6 Å². The number of amides is 1. The topological polar surface area (TPSA) is 81.8 Å². The lowest BCUT2D eigenvalue weighted by atomic mass is 10.1. The van der Waals surface area contributed by atoms with E-state index in [1.807, 2.05) is 38.1 Å². The van der Waals surface area contributed by atoms with Gasteiger partial charge in [0.05, 0.1) is 11.4 Å². The summed E-state index contributed by atoms with van der Waals surface area (Å²) < 4.78 is 3.33. The fourth-order valence-corrected chi connectivity index (χ4v) is 3.26. The molecule has 0 fully saturated rings. The Labute approximate surface area is 170 Å². The van der Waals surface area contributed by atoms with Gasteiger partial charge in [-0.3, -0.25) is 14.2 Å². The number of fused-ring (bicyclic) bond motifs is 1. The van der Waals surface area contributed by atoms with E-state index < -0.39 is 0 Å². The van der Waals surface area contributed by atoms with E-state index in [-0.39, 0.29) is 17.9 Å². The van der Waals surface area contributed by atoms with Crippen LogP contribution in [0.4, 0.5) is 0 Å². The van der Waals surface area contributed by atoms with Crippen molar-refractivity contribution in [2.24, 2.45) is 13.0 Å². The summed E-state index contributed by atoms with van der Waals surface area (Å²) in [7, 11) is 1.73. The van der Waals surface area contributed by atoms with Crippen LogP contribution in [-0.4, -0.2) is 31.8 Å². The minimum atomic E-state index is -0.194. The first-order valence-corrected chi connectivity index (χ1v) is 10.1. The van der Waals surface area contributed by atoms with Crippen molar-refractivity contribution in [3.63, 3.8) is 0 Å². The van der Waals surface area contributed by atoms with Crippen molar-refractivity contribution >= 4 is 17.1 Å². The fourth-order valence-electron chi connectivity index (χ4n) is 3.26. The van der Waals surface area contributed by atoms with Crippen molar-refractivity contribution in [2.45, 2.75) is 47.0 Å². The number of benzene rings is 1. The first-order valence-electron chi connectivity index (χ1n) is 10.1. The quantitative estimate of drug-likeness (QED) is 0.667. The van der Waals surface area contributed by atoms with E-state index >= 15 is 0 Å². The molecule has 0 aliphatic rings. The number of rotatable bonds is 7. The first-order chi connectivity index (χ1) is 13.8. The smallest absolute Gasteiger partial charge is 0.273 e. The first kappa shape index (κ1) is 20.8. The molecule has 2 aromatic heterocycles. The van der Waals surface area contributed by atoms with Gasteiger partial charge in [0.2, 0.25) is 5.91 Å². The van der Waals surface area contributed by atoms with Crippen LogP contribution in [0.1, 0.15) is 43.6 Å². The van der Waals surface area contributed by atoms with Gasteiger partial charge in [0.25, 0.3) is 5.56 Å². The van der Waals surface area contributed by atoms with Crippen LogP contribution in [-0.2, 0) is 18.3 Å². The molecule has 0 saturated heterocycles. The lowest BCUT2D eigenvalue weighted by Gasteiger charge is -2.09. The second-order valence-corrected chi connectivity index (χ2v) is 7.96. The summed E-state index contributed by atoms with van der Waals surface area (Å²) in [6.07, 6.45) is 1.50. The molecule has 0 atom stereocenters. The maximum absolute atomic E-state index is 12.9. The van der Waals surface area contributed by atoms with Crippen LogP contribution in [0.5, 0.6) is 0 Å². The molecule has 1 amide bonds. The van der Waals surface area contributed by atoms with E-state index in [9.17, 15) is 9.59 Å². The van der Waals surface area contributed by atoms with Crippen molar-refractivity contribution in [2.75, 3.05) is 6.54 Å². The third-order valence-corrected chi connectivity index (χ3v) is 5.03. The standard InChI is InChI=1S/C22H29N5O2/c1-14(2)12-13-23-19(28)11-10-18-22(29)26(5)21-20(24-18)16(4)25-27(21)17-8-6-15(3)7-9-17/h6-9,14H,10-13H2,1-5H3,(H,23,28). The van der Waals surface area contributed by atoms with Gasteiger partial charge in [-0.25, -0.2) is 9.67 Å².